The fraction of sp³-hybridized carbons (Fsp3) is 0.867. The van der Waals surface area contributed by atoms with Crippen LogP contribution in [0, 0.1) is 5.92 Å². The number of nitrogens with zero attached hydrogens (tertiary/aromatic N) is 2. The lowest BCUT2D eigenvalue weighted by atomic mass is 10.0. The van der Waals surface area contributed by atoms with Crippen LogP contribution in [0.3, 0.4) is 0 Å². The molecule has 0 bridgehead atoms. The molecule has 0 N–H and O–H groups in total. The number of hydrogen-bond acceptors (Lipinski definition) is 4. The molecule has 0 aromatic carbocycles. The van der Waals surface area contributed by atoms with Crippen molar-refractivity contribution >= 4 is 11.9 Å². The Balaban J connectivity index is 1.84. The molecule has 1 heterocycles. The van der Waals surface area contributed by atoms with Crippen LogP contribution in [0.25, 0.3) is 0 Å². The van der Waals surface area contributed by atoms with Crippen molar-refractivity contribution in [2.75, 3.05) is 32.8 Å². The third-order valence-electron chi connectivity index (χ3n) is 4.05. The molecule has 5 heteroatoms. The largest absolute Gasteiger partial charge is 0.465 e. The Morgan fingerprint density at radius 2 is 2.00 bits per heavy atom. The van der Waals surface area contributed by atoms with Crippen molar-refractivity contribution in [2.24, 2.45) is 5.92 Å². The normalized spacial score (nSPS) is 22.9. The molecule has 1 aliphatic carbocycles. The third kappa shape index (κ3) is 4.47. The molecule has 1 unspecified atom stereocenters. The van der Waals surface area contributed by atoms with Gasteiger partial charge in [-0.2, -0.15) is 0 Å². The van der Waals surface area contributed by atoms with E-state index in [2.05, 4.69) is 6.92 Å². The maximum Gasteiger partial charge on any atom is 0.320 e. The van der Waals surface area contributed by atoms with Crippen molar-refractivity contribution in [1.29, 1.82) is 0 Å². The minimum absolute atomic E-state index is 0.160. The second kappa shape index (κ2) is 7.07. The Bertz CT molecular complexity index is 355. The summed E-state index contributed by atoms with van der Waals surface area (Å²) in [5, 5.41) is 0. The predicted octanol–water partition coefficient (Wildman–Crippen LogP) is 1.27. The van der Waals surface area contributed by atoms with Gasteiger partial charge in [0.25, 0.3) is 0 Å². The van der Waals surface area contributed by atoms with Gasteiger partial charge < -0.3 is 9.64 Å². The van der Waals surface area contributed by atoms with Crippen molar-refractivity contribution in [3.05, 3.63) is 0 Å². The predicted molar refractivity (Wildman–Crippen MR) is 76.2 cm³/mol. The lowest BCUT2D eigenvalue weighted by molar-refractivity contribution is -0.145. The Morgan fingerprint density at radius 3 is 2.60 bits per heavy atom. The van der Waals surface area contributed by atoms with Crippen molar-refractivity contribution in [3.8, 4) is 0 Å². The van der Waals surface area contributed by atoms with Gasteiger partial charge in [0, 0.05) is 19.1 Å². The summed E-state index contributed by atoms with van der Waals surface area (Å²) in [6, 6.07) is 0.394. The molecular formula is C15H26N2O3. The summed E-state index contributed by atoms with van der Waals surface area (Å²) < 4.78 is 4.99. The first-order valence-corrected chi connectivity index (χ1v) is 7.77. The molecule has 20 heavy (non-hydrogen) atoms. The molecule has 0 spiro atoms. The van der Waals surface area contributed by atoms with Gasteiger partial charge in [0.2, 0.25) is 5.91 Å². The number of carbonyl (C=O) groups is 2. The second-order valence-corrected chi connectivity index (χ2v) is 6.03. The number of ether oxygens (including phenoxy) is 1. The van der Waals surface area contributed by atoms with Crippen LogP contribution < -0.4 is 0 Å². The first-order chi connectivity index (χ1) is 9.60. The van der Waals surface area contributed by atoms with Gasteiger partial charge in [-0.05, 0) is 38.5 Å². The van der Waals surface area contributed by atoms with Crippen molar-refractivity contribution in [2.45, 2.75) is 45.6 Å². The Kier molecular flexibility index (Phi) is 5.40. The Morgan fingerprint density at radius 1 is 1.25 bits per heavy atom. The molecule has 2 aliphatic rings. The van der Waals surface area contributed by atoms with Crippen LogP contribution in [-0.4, -0.2) is 60.5 Å². The molecular weight excluding hydrogens is 256 g/mol. The van der Waals surface area contributed by atoms with Gasteiger partial charge in [-0.15, -0.1) is 0 Å². The fourth-order valence-electron chi connectivity index (χ4n) is 2.82. The van der Waals surface area contributed by atoms with E-state index >= 15 is 0 Å². The quantitative estimate of drug-likeness (QED) is 0.689. The van der Waals surface area contributed by atoms with E-state index in [9.17, 15) is 9.59 Å². The maximum absolute atomic E-state index is 12.4. The van der Waals surface area contributed by atoms with Crippen LogP contribution in [0.1, 0.15) is 39.5 Å². The van der Waals surface area contributed by atoms with E-state index in [1.807, 2.05) is 9.80 Å². The summed E-state index contributed by atoms with van der Waals surface area (Å²) in [6.07, 6.45) is 4.47. The lowest BCUT2D eigenvalue weighted by Crippen LogP contribution is -2.46. The van der Waals surface area contributed by atoms with Gasteiger partial charge in [0.15, 0.2) is 0 Å². The summed E-state index contributed by atoms with van der Waals surface area (Å²) in [6.45, 7) is 6.72. The molecule has 114 valence electrons. The molecule has 0 radical (unpaired) electrons. The van der Waals surface area contributed by atoms with Gasteiger partial charge in [0.05, 0.1) is 19.7 Å². The number of amides is 1. The SMILES string of the molecule is CCOC(=O)CN(CC(=O)N1CCCC(C)C1)C1CC1. The summed E-state index contributed by atoms with van der Waals surface area (Å²) in [5.74, 6) is 0.527. The molecule has 2 rings (SSSR count). The highest BCUT2D eigenvalue weighted by molar-refractivity contribution is 5.79. The highest BCUT2D eigenvalue weighted by Crippen LogP contribution is 2.27. The lowest BCUT2D eigenvalue weighted by Gasteiger charge is -2.32. The number of esters is 1. The standard InChI is InChI=1S/C15H26N2O3/c1-3-20-15(19)11-17(13-6-7-13)10-14(18)16-8-4-5-12(2)9-16/h12-13H,3-11H2,1-2H3. The number of piperidine rings is 1. The Hall–Kier alpha value is -1.10. The summed E-state index contributed by atoms with van der Waals surface area (Å²) in [5.41, 5.74) is 0. The molecule has 0 aromatic heterocycles. The van der Waals surface area contributed by atoms with Crippen molar-refractivity contribution in [3.63, 3.8) is 0 Å². The van der Waals surface area contributed by atoms with E-state index in [1.54, 1.807) is 6.92 Å². The average Bonchev–Trinajstić information content (AvgIpc) is 3.22. The average molecular weight is 282 g/mol. The minimum atomic E-state index is -0.223. The van der Waals surface area contributed by atoms with Crippen LogP contribution in [-0.2, 0) is 14.3 Å². The second-order valence-electron chi connectivity index (χ2n) is 6.03. The maximum atomic E-state index is 12.4. The van der Waals surface area contributed by atoms with Crippen LogP contribution in [0.4, 0.5) is 0 Å². The molecule has 1 aliphatic heterocycles. The van der Waals surface area contributed by atoms with E-state index in [4.69, 9.17) is 4.74 Å². The first-order valence-electron chi connectivity index (χ1n) is 7.77. The first kappa shape index (κ1) is 15.3. The number of carbonyl (C=O) groups excluding carboxylic acids is 2. The van der Waals surface area contributed by atoms with E-state index in [1.165, 1.54) is 6.42 Å². The van der Waals surface area contributed by atoms with Crippen molar-refractivity contribution < 1.29 is 14.3 Å². The summed E-state index contributed by atoms with van der Waals surface area (Å²) >= 11 is 0. The minimum Gasteiger partial charge on any atom is -0.465 e. The zero-order chi connectivity index (χ0) is 14.5. The van der Waals surface area contributed by atoms with Crippen LogP contribution in [0.15, 0.2) is 0 Å². The highest BCUT2D eigenvalue weighted by atomic mass is 16.5. The van der Waals surface area contributed by atoms with E-state index < -0.39 is 0 Å². The van der Waals surface area contributed by atoms with E-state index in [0.29, 0.717) is 25.1 Å². The van der Waals surface area contributed by atoms with Crippen LogP contribution >= 0.6 is 0 Å². The molecule has 2 fully saturated rings. The van der Waals surface area contributed by atoms with Gasteiger partial charge in [0.1, 0.15) is 0 Å². The molecule has 1 amide bonds. The van der Waals surface area contributed by atoms with Crippen LogP contribution in [0.5, 0.6) is 0 Å². The molecule has 5 nitrogen and oxygen atoms in total. The number of rotatable bonds is 6. The zero-order valence-electron chi connectivity index (χ0n) is 12.6. The molecule has 1 saturated carbocycles. The summed E-state index contributed by atoms with van der Waals surface area (Å²) in [7, 11) is 0. The number of likely N-dealkylation sites (tertiary alicyclic amines) is 1. The molecule has 1 atom stereocenters. The topological polar surface area (TPSA) is 49.9 Å². The zero-order valence-corrected chi connectivity index (χ0v) is 12.6. The van der Waals surface area contributed by atoms with Crippen molar-refractivity contribution in [1.82, 2.24) is 9.80 Å². The van der Waals surface area contributed by atoms with Gasteiger partial charge in [-0.25, -0.2) is 0 Å². The van der Waals surface area contributed by atoms with Crippen LogP contribution in [0.2, 0.25) is 0 Å². The molecule has 1 saturated heterocycles. The Labute approximate surface area is 121 Å². The number of hydrogen-bond donors (Lipinski definition) is 0. The van der Waals surface area contributed by atoms with E-state index in [0.717, 1.165) is 32.4 Å². The third-order valence-corrected chi connectivity index (χ3v) is 4.05. The molecule has 0 aromatic rings. The monoisotopic (exact) mass is 282 g/mol. The van der Waals surface area contributed by atoms with E-state index in [-0.39, 0.29) is 18.4 Å². The van der Waals surface area contributed by atoms with Gasteiger partial charge >= 0.3 is 5.97 Å². The van der Waals surface area contributed by atoms with Gasteiger partial charge in [-0.1, -0.05) is 6.92 Å². The smallest absolute Gasteiger partial charge is 0.320 e. The fourth-order valence-corrected chi connectivity index (χ4v) is 2.82. The highest BCUT2D eigenvalue weighted by Gasteiger charge is 2.33. The summed E-state index contributed by atoms with van der Waals surface area (Å²) in [4.78, 5) is 27.9. The van der Waals surface area contributed by atoms with Gasteiger partial charge in [-0.3, -0.25) is 14.5 Å².